The average molecular weight is 241 g/mol. The van der Waals surface area contributed by atoms with E-state index in [2.05, 4.69) is 10.3 Å². The van der Waals surface area contributed by atoms with Gasteiger partial charge in [0.15, 0.2) is 0 Å². The molecule has 0 aliphatic carbocycles. The van der Waals surface area contributed by atoms with Crippen LogP contribution in [0, 0.1) is 0 Å². The monoisotopic (exact) mass is 241 g/mol. The van der Waals surface area contributed by atoms with Crippen LogP contribution in [0.1, 0.15) is 11.7 Å². The van der Waals surface area contributed by atoms with E-state index in [-0.39, 0.29) is 6.04 Å². The maximum Gasteiger partial charge on any atom is 0.211 e. The molecular weight excluding hydrogens is 226 g/mol. The van der Waals surface area contributed by atoms with Gasteiger partial charge in [0.05, 0.1) is 18.0 Å². The van der Waals surface area contributed by atoms with Crippen molar-refractivity contribution in [1.29, 1.82) is 0 Å². The number of hydrogen-bond acceptors (Lipinski definition) is 4. The minimum absolute atomic E-state index is 0.190. The summed E-state index contributed by atoms with van der Waals surface area (Å²) in [5.74, 6) is 0. The molecule has 16 heavy (non-hydrogen) atoms. The number of rotatable bonds is 2. The quantitative estimate of drug-likeness (QED) is 0.791. The summed E-state index contributed by atoms with van der Waals surface area (Å²) in [5.41, 5.74) is 0.792. The summed E-state index contributed by atoms with van der Waals surface area (Å²) in [6, 6.07) is 5.36. The van der Waals surface area contributed by atoms with Crippen molar-refractivity contribution in [3.8, 4) is 0 Å². The van der Waals surface area contributed by atoms with Gasteiger partial charge in [0.1, 0.15) is 0 Å². The molecule has 6 heteroatoms. The van der Waals surface area contributed by atoms with Crippen molar-refractivity contribution in [2.75, 3.05) is 25.9 Å². The minimum atomic E-state index is -3.17. The van der Waals surface area contributed by atoms with Gasteiger partial charge in [0.25, 0.3) is 0 Å². The van der Waals surface area contributed by atoms with Crippen LogP contribution in [-0.2, 0) is 10.0 Å². The molecule has 1 unspecified atom stereocenters. The van der Waals surface area contributed by atoms with E-state index in [4.69, 9.17) is 0 Å². The molecule has 1 N–H and O–H groups in total. The standard InChI is InChI=1S/C10H15N3O2S/c1-16(14,15)13-7-6-11-8-10(13)9-4-2-3-5-12-9/h2-5,10-11H,6-8H2,1H3. The summed E-state index contributed by atoms with van der Waals surface area (Å²) in [5, 5.41) is 3.19. The molecule has 1 aliphatic rings. The zero-order chi connectivity index (χ0) is 11.6. The van der Waals surface area contributed by atoms with E-state index in [1.165, 1.54) is 10.6 Å². The first-order valence-corrected chi connectivity index (χ1v) is 7.02. The van der Waals surface area contributed by atoms with E-state index < -0.39 is 10.0 Å². The molecule has 0 bridgehead atoms. The normalized spacial score (nSPS) is 23.2. The number of sulfonamides is 1. The van der Waals surface area contributed by atoms with E-state index in [0.29, 0.717) is 19.6 Å². The molecule has 2 rings (SSSR count). The lowest BCUT2D eigenvalue weighted by Crippen LogP contribution is -2.48. The molecule has 0 saturated carbocycles. The zero-order valence-electron chi connectivity index (χ0n) is 9.13. The summed E-state index contributed by atoms with van der Waals surface area (Å²) >= 11 is 0. The summed E-state index contributed by atoms with van der Waals surface area (Å²) in [7, 11) is -3.17. The summed E-state index contributed by atoms with van der Waals surface area (Å²) < 4.78 is 24.8. The van der Waals surface area contributed by atoms with Crippen LogP contribution >= 0.6 is 0 Å². The van der Waals surface area contributed by atoms with Crippen LogP contribution in [0.15, 0.2) is 24.4 Å². The van der Waals surface area contributed by atoms with Gasteiger partial charge in [0.2, 0.25) is 10.0 Å². The van der Waals surface area contributed by atoms with Crippen LogP contribution in [0.25, 0.3) is 0 Å². The Kier molecular flexibility index (Phi) is 3.22. The third kappa shape index (κ3) is 2.40. The van der Waals surface area contributed by atoms with Crippen molar-refractivity contribution >= 4 is 10.0 Å². The fraction of sp³-hybridized carbons (Fsp3) is 0.500. The largest absolute Gasteiger partial charge is 0.313 e. The summed E-state index contributed by atoms with van der Waals surface area (Å²) in [6.45, 7) is 1.81. The highest BCUT2D eigenvalue weighted by Gasteiger charge is 2.30. The highest BCUT2D eigenvalue weighted by atomic mass is 32.2. The molecule has 88 valence electrons. The molecule has 1 fully saturated rings. The van der Waals surface area contributed by atoms with Crippen molar-refractivity contribution in [2.45, 2.75) is 6.04 Å². The number of pyridine rings is 1. The maximum atomic E-state index is 11.6. The number of piperazine rings is 1. The molecule has 0 amide bonds. The summed E-state index contributed by atoms with van der Waals surface area (Å²) in [6.07, 6.45) is 2.93. The van der Waals surface area contributed by atoms with E-state index in [0.717, 1.165) is 5.69 Å². The van der Waals surface area contributed by atoms with Gasteiger partial charge in [-0.2, -0.15) is 4.31 Å². The van der Waals surface area contributed by atoms with Gasteiger partial charge in [-0.3, -0.25) is 4.98 Å². The van der Waals surface area contributed by atoms with Crippen LogP contribution in [0.4, 0.5) is 0 Å². The SMILES string of the molecule is CS(=O)(=O)N1CCNCC1c1ccccn1. The molecule has 0 radical (unpaired) electrons. The molecule has 1 atom stereocenters. The first kappa shape index (κ1) is 11.5. The molecule has 1 aromatic heterocycles. The van der Waals surface area contributed by atoms with E-state index in [1.807, 2.05) is 18.2 Å². The lowest BCUT2D eigenvalue weighted by molar-refractivity contribution is 0.269. The molecule has 0 spiro atoms. The van der Waals surface area contributed by atoms with E-state index >= 15 is 0 Å². The third-order valence-electron chi connectivity index (χ3n) is 2.65. The summed E-state index contributed by atoms with van der Waals surface area (Å²) in [4.78, 5) is 4.22. The Hall–Kier alpha value is -0.980. The van der Waals surface area contributed by atoms with Gasteiger partial charge in [-0.05, 0) is 12.1 Å². The topological polar surface area (TPSA) is 62.3 Å². The van der Waals surface area contributed by atoms with Crippen LogP contribution in [0.3, 0.4) is 0 Å². The maximum absolute atomic E-state index is 11.6. The Labute approximate surface area is 95.5 Å². The Morgan fingerprint density at radius 1 is 1.50 bits per heavy atom. The van der Waals surface area contributed by atoms with Crippen LogP contribution in [-0.4, -0.2) is 43.6 Å². The Morgan fingerprint density at radius 3 is 2.94 bits per heavy atom. The fourth-order valence-electron chi connectivity index (χ4n) is 1.91. The molecule has 1 saturated heterocycles. The zero-order valence-corrected chi connectivity index (χ0v) is 9.94. The van der Waals surface area contributed by atoms with Crippen LogP contribution < -0.4 is 5.32 Å². The second-order valence-electron chi connectivity index (χ2n) is 3.85. The van der Waals surface area contributed by atoms with Crippen molar-refractivity contribution in [1.82, 2.24) is 14.6 Å². The van der Waals surface area contributed by atoms with Gasteiger partial charge in [-0.15, -0.1) is 0 Å². The van der Waals surface area contributed by atoms with Crippen molar-refractivity contribution in [3.05, 3.63) is 30.1 Å². The molecule has 0 aromatic carbocycles. The second kappa shape index (κ2) is 4.48. The third-order valence-corrected chi connectivity index (χ3v) is 3.94. The highest BCUT2D eigenvalue weighted by molar-refractivity contribution is 7.88. The number of hydrogen-bond donors (Lipinski definition) is 1. The van der Waals surface area contributed by atoms with Crippen LogP contribution in [0.5, 0.6) is 0 Å². The minimum Gasteiger partial charge on any atom is -0.313 e. The van der Waals surface area contributed by atoms with Crippen molar-refractivity contribution in [3.63, 3.8) is 0 Å². The van der Waals surface area contributed by atoms with Crippen molar-refractivity contribution < 1.29 is 8.42 Å². The predicted octanol–water partition coefficient (Wildman–Crippen LogP) is -0.0125. The van der Waals surface area contributed by atoms with Gasteiger partial charge >= 0.3 is 0 Å². The Balaban J connectivity index is 2.31. The number of nitrogens with zero attached hydrogens (tertiary/aromatic N) is 2. The van der Waals surface area contributed by atoms with Gasteiger partial charge in [-0.25, -0.2) is 8.42 Å². The smallest absolute Gasteiger partial charge is 0.211 e. The van der Waals surface area contributed by atoms with Gasteiger partial charge in [0, 0.05) is 25.8 Å². The van der Waals surface area contributed by atoms with Crippen molar-refractivity contribution in [2.24, 2.45) is 0 Å². The van der Waals surface area contributed by atoms with E-state index in [9.17, 15) is 8.42 Å². The van der Waals surface area contributed by atoms with Gasteiger partial charge in [-0.1, -0.05) is 6.07 Å². The lowest BCUT2D eigenvalue weighted by atomic mass is 10.1. The molecule has 1 aliphatic heterocycles. The fourth-order valence-corrected chi connectivity index (χ4v) is 2.98. The highest BCUT2D eigenvalue weighted by Crippen LogP contribution is 2.22. The first-order valence-electron chi connectivity index (χ1n) is 5.17. The Morgan fingerprint density at radius 2 is 2.31 bits per heavy atom. The average Bonchev–Trinajstić information content (AvgIpc) is 2.29. The number of aromatic nitrogens is 1. The lowest BCUT2D eigenvalue weighted by Gasteiger charge is -2.33. The molecule has 1 aromatic rings. The Bertz CT molecular complexity index is 446. The molecule has 5 nitrogen and oxygen atoms in total. The van der Waals surface area contributed by atoms with E-state index in [1.54, 1.807) is 6.20 Å². The predicted molar refractivity (Wildman–Crippen MR) is 61.4 cm³/mol. The molecule has 2 heterocycles. The first-order chi connectivity index (χ1) is 7.59. The molecular formula is C10H15N3O2S. The van der Waals surface area contributed by atoms with Gasteiger partial charge < -0.3 is 5.32 Å². The number of nitrogens with one attached hydrogen (secondary N) is 1. The second-order valence-corrected chi connectivity index (χ2v) is 5.78. The van der Waals surface area contributed by atoms with Crippen LogP contribution in [0.2, 0.25) is 0 Å².